The summed E-state index contributed by atoms with van der Waals surface area (Å²) in [5, 5.41) is 0.747. The predicted octanol–water partition coefficient (Wildman–Crippen LogP) is 2.86. The second-order valence-corrected chi connectivity index (χ2v) is 4.94. The average molecular weight is 277 g/mol. The summed E-state index contributed by atoms with van der Waals surface area (Å²) in [5.41, 5.74) is 8.46. The molecule has 2 N–H and O–H groups in total. The van der Waals surface area contributed by atoms with Gasteiger partial charge >= 0.3 is 0 Å². The zero-order valence-corrected chi connectivity index (χ0v) is 11.6. The molecule has 2 aromatic rings. The minimum atomic E-state index is 0.0661. The van der Waals surface area contributed by atoms with E-state index >= 15 is 0 Å². The molecule has 0 radical (unpaired) electrons. The Balaban J connectivity index is 1.92. The molecule has 1 aromatic carbocycles. The van der Waals surface area contributed by atoms with Crippen molar-refractivity contribution in [2.45, 2.75) is 18.9 Å². The summed E-state index contributed by atoms with van der Waals surface area (Å²) in [6, 6.07) is 11.7. The minimum Gasteiger partial charge on any atom is -0.481 e. The molecule has 0 amide bonds. The third kappa shape index (κ3) is 4.23. The van der Waals surface area contributed by atoms with Gasteiger partial charge < -0.3 is 10.5 Å². The van der Waals surface area contributed by atoms with Gasteiger partial charge in [0.2, 0.25) is 5.88 Å². The fourth-order valence-electron chi connectivity index (χ4n) is 1.95. The van der Waals surface area contributed by atoms with Gasteiger partial charge in [0.05, 0.1) is 7.11 Å². The number of hydrogen-bond acceptors (Lipinski definition) is 3. The smallest absolute Gasteiger partial charge is 0.212 e. The Hall–Kier alpha value is -1.58. The largest absolute Gasteiger partial charge is 0.481 e. The van der Waals surface area contributed by atoms with Crippen LogP contribution in [0.3, 0.4) is 0 Å². The first-order valence-electron chi connectivity index (χ1n) is 6.16. The van der Waals surface area contributed by atoms with E-state index in [1.54, 1.807) is 13.3 Å². The maximum atomic E-state index is 6.15. The van der Waals surface area contributed by atoms with E-state index in [0.717, 1.165) is 23.4 Å². The summed E-state index contributed by atoms with van der Waals surface area (Å²) in [6.45, 7) is 0. The van der Waals surface area contributed by atoms with Crippen LogP contribution in [0.2, 0.25) is 5.02 Å². The molecule has 2 rings (SSSR count). The number of benzene rings is 1. The van der Waals surface area contributed by atoms with Crippen LogP contribution in [0.25, 0.3) is 0 Å². The molecule has 0 saturated heterocycles. The van der Waals surface area contributed by atoms with Crippen molar-refractivity contribution in [3.8, 4) is 5.88 Å². The van der Waals surface area contributed by atoms with Crippen molar-refractivity contribution in [1.29, 1.82) is 0 Å². The monoisotopic (exact) mass is 276 g/mol. The van der Waals surface area contributed by atoms with Crippen molar-refractivity contribution >= 4 is 11.6 Å². The zero-order chi connectivity index (χ0) is 13.7. The van der Waals surface area contributed by atoms with E-state index in [1.807, 2.05) is 36.4 Å². The first-order valence-corrected chi connectivity index (χ1v) is 6.54. The van der Waals surface area contributed by atoms with Gasteiger partial charge in [-0.2, -0.15) is 0 Å². The minimum absolute atomic E-state index is 0.0661. The maximum Gasteiger partial charge on any atom is 0.212 e. The summed E-state index contributed by atoms with van der Waals surface area (Å²) in [6.07, 6.45) is 3.42. The Kier molecular flexibility index (Phi) is 4.77. The molecule has 0 fully saturated rings. The Morgan fingerprint density at radius 1 is 1.11 bits per heavy atom. The standard InChI is InChI=1S/C15H17ClN2O/c1-19-15-7-4-12(10-18-15)9-14(17)8-11-2-5-13(16)6-3-11/h2-7,10,14H,8-9,17H2,1H3. The lowest BCUT2D eigenvalue weighted by Crippen LogP contribution is -2.25. The van der Waals surface area contributed by atoms with Crippen LogP contribution >= 0.6 is 11.6 Å². The summed E-state index contributed by atoms with van der Waals surface area (Å²) in [7, 11) is 1.61. The number of ether oxygens (including phenoxy) is 1. The van der Waals surface area contributed by atoms with E-state index in [2.05, 4.69) is 4.98 Å². The first kappa shape index (κ1) is 13.8. The van der Waals surface area contributed by atoms with Gasteiger partial charge in [0.15, 0.2) is 0 Å². The van der Waals surface area contributed by atoms with Crippen molar-refractivity contribution in [1.82, 2.24) is 4.98 Å². The van der Waals surface area contributed by atoms with Gasteiger partial charge in [0, 0.05) is 23.3 Å². The number of methoxy groups -OCH3 is 1. The van der Waals surface area contributed by atoms with Gasteiger partial charge in [-0.25, -0.2) is 4.98 Å². The van der Waals surface area contributed by atoms with Gasteiger partial charge in [-0.3, -0.25) is 0 Å². The molecule has 3 nitrogen and oxygen atoms in total. The molecule has 1 atom stereocenters. The van der Waals surface area contributed by atoms with Gasteiger partial charge in [0.1, 0.15) is 0 Å². The van der Waals surface area contributed by atoms with E-state index in [1.165, 1.54) is 5.56 Å². The number of hydrogen-bond donors (Lipinski definition) is 1. The van der Waals surface area contributed by atoms with E-state index in [4.69, 9.17) is 22.1 Å². The molecule has 19 heavy (non-hydrogen) atoms. The lowest BCUT2D eigenvalue weighted by molar-refractivity contribution is 0.397. The topological polar surface area (TPSA) is 48.1 Å². The van der Waals surface area contributed by atoms with Crippen LogP contribution in [0, 0.1) is 0 Å². The number of nitrogens with zero attached hydrogens (tertiary/aromatic N) is 1. The number of aromatic nitrogens is 1. The van der Waals surface area contributed by atoms with E-state index in [0.29, 0.717) is 5.88 Å². The quantitative estimate of drug-likeness (QED) is 0.913. The molecule has 0 bridgehead atoms. The molecular weight excluding hydrogens is 260 g/mol. The number of rotatable bonds is 5. The Labute approximate surface area is 118 Å². The van der Waals surface area contributed by atoms with E-state index in [-0.39, 0.29) is 6.04 Å². The molecule has 1 heterocycles. The van der Waals surface area contributed by atoms with Crippen molar-refractivity contribution in [2.75, 3.05) is 7.11 Å². The highest BCUT2D eigenvalue weighted by molar-refractivity contribution is 6.30. The Morgan fingerprint density at radius 2 is 1.74 bits per heavy atom. The van der Waals surface area contributed by atoms with Gasteiger partial charge in [-0.05, 0) is 36.1 Å². The van der Waals surface area contributed by atoms with E-state index < -0.39 is 0 Å². The highest BCUT2D eigenvalue weighted by Gasteiger charge is 2.06. The lowest BCUT2D eigenvalue weighted by Gasteiger charge is -2.12. The molecule has 0 aliphatic carbocycles. The molecule has 1 aromatic heterocycles. The summed E-state index contributed by atoms with van der Waals surface area (Å²) >= 11 is 5.86. The Morgan fingerprint density at radius 3 is 2.32 bits per heavy atom. The second-order valence-electron chi connectivity index (χ2n) is 4.50. The van der Waals surface area contributed by atoms with Crippen LogP contribution in [0.1, 0.15) is 11.1 Å². The average Bonchev–Trinajstić information content (AvgIpc) is 2.42. The van der Waals surface area contributed by atoms with Crippen LogP contribution in [0.4, 0.5) is 0 Å². The van der Waals surface area contributed by atoms with Crippen LogP contribution in [0.15, 0.2) is 42.6 Å². The Bertz CT molecular complexity index is 511. The maximum absolute atomic E-state index is 6.15. The fraction of sp³-hybridized carbons (Fsp3) is 0.267. The second kappa shape index (κ2) is 6.55. The van der Waals surface area contributed by atoms with Crippen LogP contribution in [-0.4, -0.2) is 18.1 Å². The molecule has 0 aliphatic heterocycles. The van der Waals surface area contributed by atoms with Crippen LogP contribution in [0.5, 0.6) is 5.88 Å². The number of nitrogens with two attached hydrogens (primary N) is 1. The summed E-state index contributed by atoms with van der Waals surface area (Å²) in [4.78, 5) is 4.17. The predicted molar refractivity (Wildman–Crippen MR) is 77.6 cm³/mol. The molecular formula is C15H17ClN2O. The van der Waals surface area contributed by atoms with Crippen molar-refractivity contribution < 1.29 is 4.74 Å². The van der Waals surface area contributed by atoms with E-state index in [9.17, 15) is 0 Å². The zero-order valence-electron chi connectivity index (χ0n) is 10.8. The molecule has 0 spiro atoms. The third-order valence-electron chi connectivity index (χ3n) is 2.92. The normalized spacial score (nSPS) is 12.2. The molecule has 0 aliphatic rings. The van der Waals surface area contributed by atoms with Crippen molar-refractivity contribution in [3.05, 3.63) is 58.7 Å². The van der Waals surface area contributed by atoms with Crippen LogP contribution in [-0.2, 0) is 12.8 Å². The first-order chi connectivity index (χ1) is 9.17. The molecule has 0 saturated carbocycles. The van der Waals surface area contributed by atoms with Gasteiger partial charge in [0.25, 0.3) is 0 Å². The lowest BCUT2D eigenvalue weighted by atomic mass is 10.0. The molecule has 1 unspecified atom stereocenters. The van der Waals surface area contributed by atoms with Gasteiger partial charge in [-0.15, -0.1) is 0 Å². The molecule has 4 heteroatoms. The van der Waals surface area contributed by atoms with Crippen molar-refractivity contribution in [3.63, 3.8) is 0 Å². The molecule has 100 valence electrons. The van der Waals surface area contributed by atoms with Crippen LogP contribution < -0.4 is 10.5 Å². The fourth-order valence-corrected chi connectivity index (χ4v) is 2.08. The highest BCUT2D eigenvalue weighted by Crippen LogP contribution is 2.13. The number of pyridine rings is 1. The summed E-state index contributed by atoms with van der Waals surface area (Å²) < 4.78 is 5.03. The van der Waals surface area contributed by atoms with Gasteiger partial charge in [-0.1, -0.05) is 29.8 Å². The highest BCUT2D eigenvalue weighted by atomic mass is 35.5. The third-order valence-corrected chi connectivity index (χ3v) is 3.17. The SMILES string of the molecule is COc1ccc(CC(N)Cc2ccc(Cl)cc2)cn1. The summed E-state index contributed by atoms with van der Waals surface area (Å²) in [5.74, 6) is 0.620. The number of halogens is 1. The van der Waals surface area contributed by atoms with Crippen molar-refractivity contribution in [2.24, 2.45) is 5.73 Å².